The van der Waals surface area contributed by atoms with Gasteiger partial charge in [-0.3, -0.25) is 4.72 Å². The molecule has 0 aliphatic carbocycles. The maximum absolute atomic E-state index is 13.3. The van der Waals surface area contributed by atoms with Crippen molar-refractivity contribution in [3.05, 3.63) is 47.5 Å². The number of aliphatic hydroxyl groups excluding tert-OH is 1. The Bertz CT molecular complexity index is 712. The third kappa shape index (κ3) is 3.43. The van der Waals surface area contributed by atoms with Crippen molar-refractivity contribution in [2.75, 3.05) is 4.72 Å². The number of nitrogens with zero attached hydrogens (tertiary/aromatic N) is 1. The van der Waals surface area contributed by atoms with Gasteiger partial charge in [0.1, 0.15) is 10.7 Å². The Kier molecular flexibility index (Phi) is 4.34. The number of hydrogen-bond acceptors (Lipinski definition) is 3. The SMILES string of the molecule is CCn1cc(S(=O)(=O)Nc2cc(C)cc(F)c2)cc1CO. The van der Waals surface area contributed by atoms with E-state index < -0.39 is 15.8 Å². The highest BCUT2D eigenvalue weighted by Crippen LogP contribution is 2.20. The summed E-state index contributed by atoms with van der Waals surface area (Å²) in [5.74, 6) is -0.505. The standard InChI is InChI=1S/C14H17FN2O3S/c1-3-17-8-14(7-13(17)9-18)21(19,20)16-12-5-10(2)4-11(15)6-12/h4-8,16,18H,3,9H2,1-2H3. The first-order valence-corrected chi connectivity index (χ1v) is 7.94. The molecule has 1 aromatic heterocycles. The summed E-state index contributed by atoms with van der Waals surface area (Å²) >= 11 is 0. The monoisotopic (exact) mass is 312 g/mol. The van der Waals surface area contributed by atoms with Gasteiger partial charge in [-0.25, -0.2) is 12.8 Å². The van der Waals surface area contributed by atoms with Crippen LogP contribution in [0.4, 0.5) is 10.1 Å². The lowest BCUT2D eigenvalue weighted by molar-refractivity contribution is 0.271. The lowest BCUT2D eigenvalue weighted by Gasteiger charge is -2.07. The third-order valence-electron chi connectivity index (χ3n) is 3.07. The number of aliphatic hydroxyl groups is 1. The predicted octanol–water partition coefficient (Wildman–Crippen LogP) is 2.25. The van der Waals surface area contributed by atoms with Gasteiger partial charge in [0, 0.05) is 18.4 Å². The van der Waals surface area contributed by atoms with E-state index in [-0.39, 0.29) is 17.2 Å². The zero-order valence-electron chi connectivity index (χ0n) is 11.8. The molecule has 0 aliphatic heterocycles. The van der Waals surface area contributed by atoms with Crippen molar-refractivity contribution in [3.63, 3.8) is 0 Å². The molecule has 0 saturated heterocycles. The average molecular weight is 312 g/mol. The van der Waals surface area contributed by atoms with Crippen molar-refractivity contribution < 1.29 is 17.9 Å². The Morgan fingerprint density at radius 3 is 2.52 bits per heavy atom. The first kappa shape index (κ1) is 15.5. The largest absolute Gasteiger partial charge is 0.390 e. The van der Waals surface area contributed by atoms with Gasteiger partial charge in [-0.15, -0.1) is 0 Å². The summed E-state index contributed by atoms with van der Waals surface area (Å²) in [4.78, 5) is 0.0373. The highest BCUT2D eigenvalue weighted by atomic mass is 32.2. The van der Waals surface area contributed by atoms with Crippen molar-refractivity contribution in [1.29, 1.82) is 0 Å². The van der Waals surface area contributed by atoms with Crippen LogP contribution in [0.5, 0.6) is 0 Å². The van der Waals surface area contributed by atoms with Crippen molar-refractivity contribution in [1.82, 2.24) is 4.57 Å². The molecule has 0 radical (unpaired) electrons. The van der Waals surface area contributed by atoms with E-state index in [0.29, 0.717) is 17.8 Å². The first-order valence-electron chi connectivity index (χ1n) is 6.45. The summed E-state index contributed by atoms with van der Waals surface area (Å²) in [7, 11) is -3.82. The molecule has 21 heavy (non-hydrogen) atoms. The highest BCUT2D eigenvalue weighted by Gasteiger charge is 2.18. The van der Waals surface area contributed by atoms with Gasteiger partial charge in [-0.1, -0.05) is 0 Å². The minimum absolute atomic E-state index is 0.0373. The normalized spacial score (nSPS) is 11.6. The summed E-state index contributed by atoms with van der Waals surface area (Å²) in [6, 6.07) is 5.38. The van der Waals surface area contributed by atoms with Gasteiger partial charge in [-0.05, 0) is 43.7 Å². The molecule has 1 aromatic carbocycles. The van der Waals surface area contributed by atoms with Gasteiger partial charge >= 0.3 is 0 Å². The van der Waals surface area contributed by atoms with Crippen molar-refractivity contribution >= 4 is 15.7 Å². The van der Waals surface area contributed by atoms with E-state index in [0.717, 1.165) is 6.07 Å². The van der Waals surface area contributed by atoms with Gasteiger partial charge in [-0.2, -0.15) is 0 Å². The molecule has 0 bridgehead atoms. The molecule has 0 unspecified atom stereocenters. The molecule has 114 valence electrons. The van der Waals surface area contributed by atoms with E-state index in [1.54, 1.807) is 17.6 Å². The van der Waals surface area contributed by atoms with E-state index in [1.807, 2.05) is 6.92 Å². The molecule has 0 fully saturated rings. The first-order chi connectivity index (χ1) is 9.85. The molecule has 0 aliphatic rings. The predicted molar refractivity (Wildman–Crippen MR) is 78.0 cm³/mol. The van der Waals surface area contributed by atoms with Crippen LogP contribution in [0, 0.1) is 12.7 Å². The highest BCUT2D eigenvalue weighted by molar-refractivity contribution is 7.92. The fourth-order valence-corrected chi connectivity index (χ4v) is 3.21. The van der Waals surface area contributed by atoms with Crippen LogP contribution in [0.25, 0.3) is 0 Å². The minimum atomic E-state index is -3.82. The molecule has 0 atom stereocenters. The van der Waals surface area contributed by atoms with Crippen LogP contribution < -0.4 is 4.72 Å². The van der Waals surface area contributed by atoms with Gasteiger partial charge in [0.2, 0.25) is 0 Å². The van der Waals surface area contributed by atoms with Crippen molar-refractivity contribution in [2.45, 2.75) is 31.9 Å². The quantitative estimate of drug-likeness (QED) is 0.889. The Hall–Kier alpha value is -1.86. The van der Waals surface area contributed by atoms with Gasteiger partial charge < -0.3 is 9.67 Å². The number of rotatable bonds is 5. The molecule has 0 spiro atoms. The summed E-state index contributed by atoms with van der Waals surface area (Å²) < 4.78 is 41.9. The minimum Gasteiger partial charge on any atom is -0.390 e. The molecule has 2 aromatic rings. The number of aromatic nitrogens is 1. The van der Waals surface area contributed by atoms with E-state index in [2.05, 4.69) is 4.72 Å². The smallest absolute Gasteiger partial charge is 0.263 e. The Balaban J connectivity index is 2.35. The van der Waals surface area contributed by atoms with E-state index in [1.165, 1.54) is 18.3 Å². The zero-order valence-corrected chi connectivity index (χ0v) is 12.6. The number of benzene rings is 1. The molecule has 0 saturated carbocycles. The Morgan fingerprint density at radius 2 is 2.00 bits per heavy atom. The van der Waals surface area contributed by atoms with Gasteiger partial charge in [0.25, 0.3) is 10.0 Å². The molecule has 2 N–H and O–H groups in total. The number of halogens is 1. The van der Waals surface area contributed by atoms with Crippen LogP contribution in [0.3, 0.4) is 0 Å². The molecule has 1 heterocycles. The van der Waals surface area contributed by atoms with Crippen LogP contribution in [0.15, 0.2) is 35.4 Å². The molecule has 0 amide bonds. The third-order valence-corrected chi connectivity index (χ3v) is 4.42. The molecule has 5 nitrogen and oxygen atoms in total. The molecule has 2 rings (SSSR count). The fourth-order valence-electron chi connectivity index (χ4n) is 2.11. The van der Waals surface area contributed by atoms with Crippen molar-refractivity contribution in [3.8, 4) is 0 Å². The number of sulfonamides is 1. The number of anilines is 1. The van der Waals surface area contributed by atoms with E-state index in [4.69, 9.17) is 0 Å². The molecular weight excluding hydrogens is 295 g/mol. The topological polar surface area (TPSA) is 71.3 Å². The Labute approximate surface area is 123 Å². The maximum atomic E-state index is 13.3. The van der Waals surface area contributed by atoms with Gasteiger partial charge in [0.05, 0.1) is 12.3 Å². The van der Waals surface area contributed by atoms with Crippen LogP contribution in [0.1, 0.15) is 18.2 Å². The summed E-state index contributed by atoms with van der Waals surface area (Å²) in [6.07, 6.45) is 1.44. The summed E-state index contributed by atoms with van der Waals surface area (Å²) in [6.45, 7) is 3.82. The van der Waals surface area contributed by atoms with Crippen LogP contribution in [-0.4, -0.2) is 18.1 Å². The summed E-state index contributed by atoms with van der Waals surface area (Å²) in [5, 5.41) is 9.21. The average Bonchev–Trinajstić information content (AvgIpc) is 2.80. The zero-order chi connectivity index (χ0) is 15.6. The second kappa shape index (κ2) is 5.87. The summed E-state index contributed by atoms with van der Waals surface area (Å²) in [5.41, 5.74) is 1.30. The van der Waals surface area contributed by atoms with Crippen LogP contribution in [0.2, 0.25) is 0 Å². The van der Waals surface area contributed by atoms with E-state index in [9.17, 15) is 17.9 Å². The lowest BCUT2D eigenvalue weighted by Crippen LogP contribution is -2.12. The Morgan fingerprint density at radius 1 is 1.29 bits per heavy atom. The maximum Gasteiger partial charge on any atom is 0.263 e. The molecule has 7 heteroatoms. The number of aryl methyl sites for hydroxylation is 2. The number of nitrogens with one attached hydrogen (secondary N) is 1. The van der Waals surface area contributed by atoms with E-state index >= 15 is 0 Å². The van der Waals surface area contributed by atoms with Crippen LogP contribution in [-0.2, 0) is 23.2 Å². The molecular formula is C14H17FN2O3S. The lowest BCUT2D eigenvalue weighted by atomic mass is 10.2. The second-order valence-electron chi connectivity index (χ2n) is 4.73. The second-order valence-corrected chi connectivity index (χ2v) is 6.42. The number of hydrogen-bond donors (Lipinski definition) is 2. The fraction of sp³-hybridized carbons (Fsp3) is 0.286. The van der Waals surface area contributed by atoms with Gasteiger partial charge in [0.15, 0.2) is 0 Å². The van der Waals surface area contributed by atoms with Crippen LogP contribution >= 0.6 is 0 Å². The van der Waals surface area contributed by atoms with Crippen molar-refractivity contribution in [2.24, 2.45) is 0 Å².